The number of rotatable bonds is 6. The summed E-state index contributed by atoms with van der Waals surface area (Å²) in [4.78, 5) is 2.28. The largest absolute Gasteiger partial charge is 0.384 e. The molecule has 5 heteroatoms. The molecule has 2 aromatic rings. The molecule has 0 bridgehead atoms. The minimum absolute atomic E-state index is 0.924. The van der Waals surface area contributed by atoms with E-state index >= 15 is 0 Å². The lowest BCUT2D eigenvalue weighted by atomic mass is 10.3. The normalized spacial score (nSPS) is 10.9. The Labute approximate surface area is 122 Å². The number of aromatic nitrogens is 2. The molecule has 1 N–H and O–H groups in total. The van der Waals surface area contributed by atoms with Gasteiger partial charge >= 0.3 is 0 Å². The Morgan fingerprint density at radius 2 is 2.26 bits per heavy atom. The number of aryl methyl sites for hydroxylation is 1. The van der Waals surface area contributed by atoms with Gasteiger partial charge in [-0.05, 0) is 25.2 Å². The fourth-order valence-electron chi connectivity index (χ4n) is 1.93. The van der Waals surface area contributed by atoms with Crippen LogP contribution in [0.2, 0.25) is 0 Å². The standard InChI is InChI=1S/C14H19BrN4/c1-18(10-12-9-17-19(2)11-12)7-6-16-14-5-3-4-13(15)8-14/h3-5,8-9,11,16H,6-7,10H2,1-2H3. The van der Waals surface area contributed by atoms with Crippen molar-refractivity contribution < 1.29 is 0 Å². The van der Waals surface area contributed by atoms with Gasteiger partial charge in [-0.2, -0.15) is 5.10 Å². The highest BCUT2D eigenvalue weighted by atomic mass is 79.9. The maximum absolute atomic E-state index is 4.18. The first-order valence-electron chi connectivity index (χ1n) is 6.29. The van der Waals surface area contributed by atoms with Gasteiger partial charge in [-0.25, -0.2) is 0 Å². The van der Waals surface area contributed by atoms with Crippen molar-refractivity contribution in [2.24, 2.45) is 7.05 Å². The zero-order chi connectivity index (χ0) is 13.7. The maximum atomic E-state index is 4.18. The molecule has 0 aliphatic rings. The number of likely N-dealkylation sites (N-methyl/N-ethyl adjacent to an activating group) is 1. The summed E-state index contributed by atoms with van der Waals surface area (Å²) in [6, 6.07) is 8.22. The molecule has 0 atom stereocenters. The van der Waals surface area contributed by atoms with Crippen LogP contribution in [0.4, 0.5) is 5.69 Å². The minimum atomic E-state index is 0.924. The van der Waals surface area contributed by atoms with Gasteiger partial charge in [-0.3, -0.25) is 4.68 Å². The van der Waals surface area contributed by atoms with Gasteiger partial charge in [0.15, 0.2) is 0 Å². The summed E-state index contributed by atoms with van der Waals surface area (Å²) in [5, 5.41) is 7.59. The van der Waals surface area contributed by atoms with E-state index in [4.69, 9.17) is 0 Å². The summed E-state index contributed by atoms with van der Waals surface area (Å²) in [6.07, 6.45) is 3.97. The zero-order valence-corrected chi connectivity index (χ0v) is 12.9. The molecule has 1 heterocycles. The van der Waals surface area contributed by atoms with E-state index in [0.29, 0.717) is 0 Å². The van der Waals surface area contributed by atoms with Gasteiger partial charge in [0.25, 0.3) is 0 Å². The number of anilines is 1. The lowest BCUT2D eigenvalue weighted by Gasteiger charge is -2.16. The van der Waals surface area contributed by atoms with E-state index in [9.17, 15) is 0 Å². The van der Waals surface area contributed by atoms with E-state index in [0.717, 1.165) is 29.8 Å². The van der Waals surface area contributed by atoms with Crippen molar-refractivity contribution in [3.8, 4) is 0 Å². The number of benzene rings is 1. The Hall–Kier alpha value is -1.33. The van der Waals surface area contributed by atoms with Crippen molar-refractivity contribution in [3.63, 3.8) is 0 Å². The molecule has 1 aromatic heterocycles. The van der Waals surface area contributed by atoms with Crippen LogP contribution in [0, 0.1) is 0 Å². The number of halogens is 1. The average molecular weight is 323 g/mol. The van der Waals surface area contributed by atoms with Crippen molar-refractivity contribution in [1.29, 1.82) is 0 Å². The summed E-state index contributed by atoms with van der Waals surface area (Å²) in [5.74, 6) is 0. The molecular weight excluding hydrogens is 304 g/mol. The molecule has 0 saturated carbocycles. The van der Waals surface area contributed by atoms with Gasteiger partial charge in [0, 0.05) is 48.6 Å². The van der Waals surface area contributed by atoms with E-state index in [1.807, 2.05) is 30.1 Å². The van der Waals surface area contributed by atoms with E-state index in [2.05, 4.69) is 56.6 Å². The Kier molecular flexibility index (Phi) is 4.99. The third kappa shape index (κ3) is 4.69. The molecule has 19 heavy (non-hydrogen) atoms. The number of nitrogens with zero attached hydrogens (tertiary/aromatic N) is 3. The van der Waals surface area contributed by atoms with Crippen LogP contribution in [0.1, 0.15) is 5.56 Å². The summed E-state index contributed by atoms with van der Waals surface area (Å²) < 4.78 is 2.93. The van der Waals surface area contributed by atoms with Crippen LogP contribution in [0.5, 0.6) is 0 Å². The Morgan fingerprint density at radius 1 is 1.42 bits per heavy atom. The van der Waals surface area contributed by atoms with Crippen LogP contribution >= 0.6 is 15.9 Å². The first-order valence-corrected chi connectivity index (χ1v) is 7.08. The Bertz CT molecular complexity index is 524. The van der Waals surface area contributed by atoms with Gasteiger partial charge in [0.2, 0.25) is 0 Å². The van der Waals surface area contributed by atoms with Crippen LogP contribution in [0.15, 0.2) is 41.1 Å². The monoisotopic (exact) mass is 322 g/mol. The number of hydrogen-bond donors (Lipinski definition) is 1. The highest BCUT2D eigenvalue weighted by molar-refractivity contribution is 9.10. The van der Waals surface area contributed by atoms with Gasteiger partial charge in [-0.15, -0.1) is 0 Å². The molecule has 2 rings (SSSR count). The number of hydrogen-bond acceptors (Lipinski definition) is 3. The van der Waals surface area contributed by atoms with Crippen LogP contribution in [-0.2, 0) is 13.6 Å². The molecule has 0 radical (unpaired) electrons. The minimum Gasteiger partial charge on any atom is -0.384 e. The topological polar surface area (TPSA) is 33.1 Å². The molecular formula is C14H19BrN4. The second-order valence-corrected chi connectivity index (χ2v) is 5.61. The van der Waals surface area contributed by atoms with Gasteiger partial charge < -0.3 is 10.2 Å². The predicted octanol–water partition coefficient (Wildman–Crippen LogP) is 2.73. The molecule has 0 spiro atoms. The van der Waals surface area contributed by atoms with Gasteiger partial charge in [0.1, 0.15) is 0 Å². The molecule has 102 valence electrons. The van der Waals surface area contributed by atoms with Crippen molar-refractivity contribution in [1.82, 2.24) is 14.7 Å². The van der Waals surface area contributed by atoms with E-state index < -0.39 is 0 Å². The van der Waals surface area contributed by atoms with Crippen molar-refractivity contribution >= 4 is 21.6 Å². The average Bonchev–Trinajstić information content (AvgIpc) is 2.75. The highest BCUT2D eigenvalue weighted by Crippen LogP contribution is 2.15. The zero-order valence-electron chi connectivity index (χ0n) is 11.3. The predicted molar refractivity (Wildman–Crippen MR) is 82.2 cm³/mol. The first kappa shape index (κ1) is 14.1. The van der Waals surface area contributed by atoms with Gasteiger partial charge in [-0.1, -0.05) is 22.0 Å². The Balaban J connectivity index is 1.73. The summed E-state index contributed by atoms with van der Waals surface area (Å²) in [7, 11) is 4.06. The van der Waals surface area contributed by atoms with Crippen molar-refractivity contribution in [2.45, 2.75) is 6.54 Å². The van der Waals surface area contributed by atoms with Crippen LogP contribution in [0.25, 0.3) is 0 Å². The molecule has 0 aliphatic carbocycles. The quantitative estimate of drug-likeness (QED) is 0.887. The molecule has 4 nitrogen and oxygen atoms in total. The fourth-order valence-corrected chi connectivity index (χ4v) is 2.33. The SMILES string of the molecule is CN(CCNc1cccc(Br)c1)Cc1cnn(C)c1. The van der Waals surface area contributed by atoms with Crippen molar-refractivity contribution in [3.05, 3.63) is 46.7 Å². The van der Waals surface area contributed by atoms with E-state index in [1.165, 1.54) is 5.56 Å². The summed E-state index contributed by atoms with van der Waals surface area (Å²) >= 11 is 3.47. The maximum Gasteiger partial charge on any atom is 0.0534 e. The number of nitrogens with one attached hydrogen (secondary N) is 1. The van der Waals surface area contributed by atoms with Crippen molar-refractivity contribution in [2.75, 3.05) is 25.5 Å². The van der Waals surface area contributed by atoms with Crippen LogP contribution < -0.4 is 5.32 Å². The summed E-state index contributed by atoms with van der Waals surface area (Å²) in [5.41, 5.74) is 2.39. The third-order valence-electron chi connectivity index (χ3n) is 2.86. The lowest BCUT2D eigenvalue weighted by Crippen LogP contribution is -2.24. The van der Waals surface area contributed by atoms with Crippen LogP contribution in [0.3, 0.4) is 0 Å². The Morgan fingerprint density at radius 3 is 2.95 bits per heavy atom. The molecule has 1 aromatic carbocycles. The fraction of sp³-hybridized carbons (Fsp3) is 0.357. The second-order valence-electron chi connectivity index (χ2n) is 4.70. The summed E-state index contributed by atoms with van der Waals surface area (Å²) in [6.45, 7) is 2.84. The van der Waals surface area contributed by atoms with E-state index in [-0.39, 0.29) is 0 Å². The van der Waals surface area contributed by atoms with Gasteiger partial charge in [0.05, 0.1) is 6.20 Å². The third-order valence-corrected chi connectivity index (χ3v) is 3.35. The first-order chi connectivity index (χ1) is 9.13. The molecule has 0 fully saturated rings. The smallest absolute Gasteiger partial charge is 0.0534 e. The molecule has 0 amide bonds. The van der Waals surface area contributed by atoms with E-state index in [1.54, 1.807) is 0 Å². The highest BCUT2D eigenvalue weighted by Gasteiger charge is 2.02. The molecule has 0 aliphatic heterocycles. The molecule has 0 saturated heterocycles. The van der Waals surface area contributed by atoms with Crippen LogP contribution in [-0.4, -0.2) is 34.8 Å². The lowest BCUT2D eigenvalue weighted by molar-refractivity contribution is 0.340. The molecule has 0 unspecified atom stereocenters. The second kappa shape index (κ2) is 6.73.